The molecule has 0 saturated heterocycles. The van der Waals surface area contributed by atoms with Crippen LogP contribution in [0.15, 0.2) is 23.1 Å². The Morgan fingerprint density at radius 1 is 1.28 bits per heavy atom. The molecule has 0 radical (unpaired) electrons. The van der Waals surface area contributed by atoms with Crippen molar-refractivity contribution in [3.05, 3.63) is 23.2 Å². The molecule has 2 rings (SSSR count). The van der Waals surface area contributed by atoms with Crippen molar-refractivity contribution in [2.45, 2.75) is 30.6 Å². The van der Waals surface area contributed by atoms with E-state index < -0.39 is 9.05 Å². The van der Waals surface area contributed by atoms with Gasteiger partial charge in [0.25, 0.3) is 9.05 Å². The molecule has 0 N–H and O–H groups in total. The lowest BCUT2D eigenvalue weighted by atomic mass is 10.1. The third-order valence-corrected chi connectivity index (χ3v) is 4.70. The minimum Gasteiger partial charge on any atom is -0.492 e. The molecule has 1 aromatic carbocycles. The normalized spacial score (nSPS) is 17.0. The van der Waals surface area contributed by atoms with Gasteiger partial charge in [0.1, 0.15) is 10.6 Å². The van der Waals surface area contributed by atoms with E-state index in [-0.39, 0.29) is 10.6 Å². The van der Waals surface area contributed by atoms with Gasteiger partial charge < -0.3 is 4.74 Å². The van der Waals surface area contributed by atoms with Crippen molar-refractivity contribution in [2.75, 3.05) is 6.61 Å². The van der Waals surface area contributed by atoms with Crippen molar-refractivity contribution in [1.29, 1.82) is 0 Å². The number of hydrogen-bond donors (Lipinski definition) is 0. The predicted molar refractivity (Wildman–Crippen MR) is 71.9 cm³/mol. The van der Waals surface area contributed by atoms with Crippen molar-refractivity contribution in [3.63, 3.8) is 0 Å². The molecule has 0 aromatic heterocycles. The van der Waals surface area contributed by atoms with Crippen LogP contribution >= 0.6 is 22.3 Å². The minimum atomic E-state index is -3.84. The summed E-state index contributed by atoms with van der Waals surface area (Å²) in [6, 6.07) is 4.46. The molecule has 0 spiro atoms. The molecule has 0 bridgehead atoms. The summed E-state index contributed by atoms with van der Waals surface area (Å²) in [6.07, 6.45) is 4.71. The summed E-state index contributed by atoms with van der Waals surface area (Å²) in [5.74, 6) is 0.785. The molecule has 0 atom stereocenters. The summed E-state index contributed by atoms with van der Waals surface area (Å²) in [5, 5.41) is 0.322. The lowest BCUT2D eigenvalue weighted by Crippen LogP contribution is -2.09. The summed E-state index contributed by atoms with van der Waals surface area (Å²) in [6.45, 7) is 0.529. The van der Waals surface area contributed by atoms with Crippen LogP contribution in [0.4, 0.5) is 0 Å². The molecule has 0 unspecified atom stereocenters. The highest BCUT2D eigenvalue weighted by molar-refractivity contribution is 8.13. The van der Waals surface area contributed by atoms with E-state index in [1.807, 2.05) is 0 Å². The molecule has 3 nitrogen and oxygen atoms in total. The summed E-state index contributed by atoms with van der Waals surface area (Å²) in [7, 11) is 1.53. The van der Waals surface area contributed by atoms with Crippen LogP contribution in [0.2, 0.25) is 5.02 Å². The van der Waals surface area contributed by atoms with Crippen molar-refractivity contribution in [3.8, 4) is 5.75 Å². The fourth-order valence-corrected chi connectivity index (χ4v) is 3.41. The van der Waals surface area contributed by atoms with Crippen molar-refractivity contribution < 1.29 is 13.2 Å². The van der Waals surface area contributed by atoms with Crippen LogP contribution in [0.1, 0.15) is 25.7 Å². The average Bonchev–Trinajstić information content (AvgIpc) is 2.79. The number of ether oxygens (including phenoxy) is 1. The standard InChI is InChI=1S/C12H14Cl2O3S/c13-10-5-6-11(12(7-10)18(14,15)16)17-8-9-3-1-2-4-9/h5-7,9H,1-4,8H2. The summed E-state index contributed by atoms with van der Waals surface area (Å²) < 4.78 is 28.4. The largest absolute Gasteiger partial charge is 0.492 e. The Hall–Kier alpha value is -0.450. The molecule has 18 heavy (non-hydrogen) atoms. The van der Waals surface area contributed by atoms with Gasteiger partial charge in [0, 0.05) is 15.7 Å². The Morgan fingerprint density at radius 2 is 1.94 bits per heavy atom. The van der Waals surface area contributed by atoms with Gasteiger partial charge in [-0.2, -0.15) is 0 Å². The van der Waals surface area contributed by atoms with Gasteiger partial charge in [-0.1, -0.05) is 24.4 Å². The molecule has 0 amide bonds. The van der Waals surface area contributed by atoms with Crippen LogP contribution in [0, 0.1) is 5.92 Å². The van der Waals surface area contributed by atoms with Crippen molar-refractivity contribution >= 4 is 31.3 Å². The maximum atomic E-state index is 11.4. The van der Waals surface area contributed by atoms with E-state index in [0.717, 1.165) is 12.8 Å². The smallest absolute Gasteiger partial charge is 0.265 e. The molecule has 1 aliphatic rings. The maximum absolute atomic E-state index is 11.4. The highest BCUT2D eigenvalue weighted by Crippen LogP contribution is 2.31. The number of halogens is 2. The van der Waals surface area contributed by atoms with E-state index in [1.54, 1.807) is 12.1 Å². The zero-order valence-corrected chi connectivity index (χ0v) is 12.1. The fourth-order valence-electron chi connectivity index (χ4n) is 2.18. The van der Waals surface area contributed by atoms with Gasteiger partial charge in [0.2, 0.25) is 0 Å². The van der Waals surface area contributed by atoms with E-state index in [2.05, 4.69) is 0 Å². The Balaban J connectivity index is 2.16. The van der Waals surface area contributed by atoms with Crippen LogP contribution in [0.5, 0.6) is 5.75 Å². The summed E-state index contributed by atoms with van der Waals surface area (Å²) in [4.78, 5) is -0.0605. The summed E-state index contributed by atoms with van der Waals surface area (Å²) in [5.41, 5.74) is 0. The lowest BCUT2D eigenvalue weighted by molar-refractivity contribution is 0.246. The van der Waals surface area contributed by atoms with Crippen LogP contribution in [-0.2, 0) is 9.05 Å². The Labute approximate surface area is 116 Å². The second kappa shape index (κ2) is 5.68. The predicted octanol–water partition coefficient (Wildman–Crippen LogP) is 3.84. The maximum Gasteiger partial charge on any atom is 0.265 e. The number of hydrogen-bond acceptors (Lipinski definition) is 3. The van der Waals surface area contributed by atoms with Crippen LogP contribution in [-0.4, -0.2) is 15.0 Å². The zero-order chi connectivity index (χ0) is 13.2. The van der Waals surface area contributed by atoms with Gasteiger partial charge >= 0.3 is 0 Å². The first-order chi connectivity index (χ1) is 8.47. The molecule has 1 aliphatic carbocycles. The van der Waals surface area contributed by atoms with E-state index in [9.17, 15) is 8.42 Å². The van der Waals surface area contributed by atoms with Gasteiger partial charge in [-0.05, 0) is 37.0 Å². The van der Waals surface area contributed by atoms with Gasteiger partial charge in [-0.15, -0.1) is 0 Å². The third kappa shape index (κ3) is 3.53. The molecule has 0 aliphatic heterocycles. The first-order valence-electron chi connectivity index (χ1n) is 5.84. The van der Waals surface area contributed by atoms with E-state index in [1.165, 1.54) is 18.9 Å². The molecule has 6 heteroatoms. The van der Waals surface area contributed by atoms with Crippen LogP contribution in [0.25, 0.3) is 0 Å². The van der Waals surface area contributed by atoms with Gasteiger partial charge in [-0.3, -0.25) is 0 Å². The lowest BCUT2D eigenvalue weighted by Gasteiger charge is -2.13. The van der Waals surface area contributed by atoms with Gasteiger partial charge in [0.05, 0.1) is 6.61 Å². The van der Waals surface area contributed by atoms with E-state index in [4.69, 9.17) is 27.0 Å². The monoisotopic (exact) mass is 308 g/mol. The first kappa shape index (κ1) is 14.0. The summed E-state index contributed by atoms with van der Waals surface area (Å²) >= 11 is 5.77. The van der Waals surface area contributed by atoms with E-state index >= 15 is 0 Å². The second-order valence-electron chi connectivity index (χ2n) is 4.49. The molecule has 1 aromatic rings. The second-order valence-corrected chi connectivity index (χ2v) is 7.46. The number of rotatable bonds is 4. The van der Waals surface area contributed by atoms with Crippen molar-refractivity contribution in [1.82, 2.24) is 0 Å². The van der Waals surface area contributed by atoms with Crippen LogP contribution in [0.3, 0.4) is 0 Å². The third-order valence-electron chi connectivity index (χ3n) is 3.12. The van der Waals surface area contributed by atoms with Gasteiger partial charge in [0.15, 0.2) is 0 Å². The van der Waals surface area contributed by atoms with Crippen molar-refractivity contribution in [2.24, 2.45) is 5.92 Å². The van der Waals surface area contributed by atoms with Gasteiger partial charge in [-0.25, -0.2) is 8.42 Å². The molecule has 0 heterocycles. The first-order valence-corrected chi connectivity index (χ1v) is 8.52. The molecule has 100 valence electrons. The Kier molecular flexibility index (Phi) is 4.41. The molecular weight excluding hydrogens is 295 g/mol. The zero-order valence-electron chi connectivity index (χ0n) is 9.73. The van der Waals surface area contributed by atoms with Crippen LogP contribution < -0.4 is 4.74 Å². The van der Waals surface area contributed by atoms with E-state index in [0.29, 0.717) is 17.5 Å². The Bertz CT molecular complexity index is 522. The topological polar surface area (TPSA) is 43.4 Å². The minimum absolute atomic E-state index is 0.0605. The highest BCUT2D eigenvalue weighted by Gasteiger charge is 2.20. The molecular formula is C12H14Cl2O3S. The Morgan fingerprint density at radius 3 is 2.56 bits per heavy atom. The molecule has 1 fully saturated rings. The quantitative estimate of drug-likeness (QED) is 0.794. The molecule has 1 saturated carbocycles. The average molecular weight is 309 g/mol. The fraction of sp³-hybridized carbons (Fsp3) is 0.500. The SMILES string of the molecule is O=S(=O)(Cl)c1cc(Cl)ccc1OCC1CCCC1. The highest BCUT2D eigenvalue weighted by atomic mass is 35.7. The number of benzene rings is 1.